The number of Topliss-reactive ketones (excluding diaryl/α,β-unsaturated/α-hetero) is 1. The van der Waals surface area contributed by atoms with E-state index in [1.54, 1.807) is 6.07 Å². The number of ether oxygens (including phenoxy) is 2. The van der Waals surface area contributed by atoms with Crippen molar-refractivity contribution < 1.29 is 19.1 Å². The first kappa shape index (κ1) is 20.1. The third kappa shape index (κ3) is 4.26. The Morgan fingerprint density at radius 3 is 2.45 bits per heavy atom. The number of benzene rings is 1. The van der Waals surface area contributed by atoms with E-state index in [1.165, 1.54) is 12.4 Å². The summed E-state index contributed by atoms with van der Waals surface area (Å²) in [5.41, 5.74) is 8.53. The Hall–Kier alpha value is -3.68. The molecule has 2 N–H and O–H groups in total. The molecular weight excluding hydrogens is 372 g/mol. The van der Waals surface area contributed by atoms with Gasteiger partial charge < -0.3 is 19.8 Å². The summed E-state index contributed by atoms with van der Waals surface area (Å²) in [4.78, 5) is 32.4. The van der Waals surface area contributed by atoms with Crippen molar-refractivity contribution in [1.82, 2.24) is 14.5 Å². The molecule has 0 unspecified atom stereocenters. The highest BCUT2D eigenvalue weighted by Crippen LogP contribution is 2.23. The highest BCUT2D eigenvalue weighted by atomic mass is 16.5. The molecule has 2 heterocycles. The number of ketones is 1. The Morgan fingerprint density at radius 2 is 1.79 bits per heavy atom. The Kier molecular flexibility index (Phi) is 5.92. The van der Waals surface area contributed by atoms with Crippen LogP contribution in [0, 0.1) is 13.8 Å². The summed E-state index contributed by atoms with van der Waals surface area (Å²) in [6, 6.07) is 9.39. The lowest BCUT2D eigenvalue weighted by atomic mass is 10.1. The van der Waals surface area contributed by atoms with Gasteiger partial charge in [-0.05, 0) is 51.1 Å². The van der Waals surface area contributed by atoms with Gasteiger partial charge in [-0.2, -0.15) is 0 Å². The number of nitrogen functional groups attached to an aromatic ring is 1. The van der Waals surface area contributed by atoms with Gasteiger partial charge in [0.1, 0.15) is 5.75 Å². The minimum absolute atomic E-state index is 0.0429. The van der Waals surface area contributed by atoms with Gasteiger partial charge in [0, 0.05) is 35.0 Å². The number of esters is 1. The monoisotopic (exact) mass is 394 g/mol. The number of aromatic nitrogens is 3. The normalized spacial score (nSPS) is 10.6. The van der Waals surface area contributed by atoms with Gasteiger partial charge in [0.15, 0.2) is 18.1 Å². The lowest BCUT2D eigenvalue weighted by molar-refractivity contribution is 0.0469. The molecule has 8 nitrogen and oxygen atoms in total. The molecule has 0 amide bonds. The zero-order chi connectivity index (χ0) is 21.0. The van der Waals surface area contributed by atoms with Crippen LogP contribution in [0.3, 0.4) is 0 Å². The van der Waals surface area contributed by atoms with Gasteiger partial charge in [-0.15, -0.1) is 0 Å². The molecule has 0 atom stereocenters. The molecule has 8 heteroatoms. The van der Waals surface area contributed by atoms with Gasteiger partial charge in [0.2, 0.25) is 5.78 Å². The lowest BCUT2D eigenvalue weighted by Gasteiger charge is -2.11. The fraction of sp³-hybridized carbons (Fsp3) is 0.238. The molecule has 0 spiro atoms. The topological polar surface area (TPSA) is 109 Å². The zero-order valence-electron chi connectivity index (χ0n) is 16.5. The molecular formula is C21H22N4O4. The van der Waals surface area contributed by atoms with Crippen LogP contribution in [0.15, 0.2) is 42.7 Å². The van der Waals surface area contributed by atoms with Crippen molar-refractivity contribution in [3.05, 3.63) is 65.4 Å². The van der Waals surface area contributed by atoms with Crippen molar-refractivity contribution in [3.8, 4) is 11.4 Å². The number of nitrogens with two attached hydrogens (primary N) is 1. The Morgan fingerprint density at radius 1 is 1.10 bits per heavy atom. The largest absolute Gasteiger partial charge is 0.494 e. The van der Waals surface area contributed by atoms with E-state index in [9.17, 15) is 9.59 Å². The number of aryl methyl sites for hydroxylation is 1. The summed E-state index contributed by atoms with van der Waals surface area (Å²) >= 11 is 0. The van der Waals surface area contributed by atoms with Crippen LogP contribution in [0.5, 0.6) is 5.75 Å². The molecule has 3 aromatic rings. The van der Waals surface area contributed by atoms with E-state index in [-0.39, 0.29) is 17.3 Å². The van der Waals surface area contributed by atoms with Crippen LogP contribution in [0.25, 0.3) is 5.69 Å². The zero-order valence-corrected chi connectivity index (χ0v) is 16.5. The van der Waals surface area contributed by atoms with E-state index in [2.05, 4.69) is 9.97 Å². The molecule has 0 bridgehead atoms. The van der Waals surface area contributed by atoms with Gasteiger partial charge in [-0.1, -0.05) is 0 Å². The molecule has 0 saturated heterocycles. The number of hydrogen-bond acceptors (Lipinski definition) is 7. The molecule has 0 fully saturated rings. The quantitative estimate of drug-likeness (QED) is 0.485. The first-order valence-corrected chi connectivity index (χ1v) is 9.11. The van der Waals surface area contributed by atoms with Crippen molar-refractivity contribution in [2.24, 2.45) is 0 Å². The van der Waals surface area contributed by atoms with Gasteiger partial charge in [-0.3, -0.25) is 4.79 Å². The summed E-state index contributed by atoms with van der Waals surface area (Å²) < 4.78 is 12.5. The number of anilines is 1. The molecule has 29 heavy (non-hydrogen) atoms. The summed E-state index contributed by atoms with van der Waals surface area (Å²) in [7, 11) is 0. The maximum absolute atomic E-state index is 12.6. The average Bonchev–Trinajstić information content (AvgIpc) is 3.01. The minimum Gasteiger partial charge on any atom is -0.494 e. The summed E-state index contributed by atoms with van der Waals surface area (Å²) in [5, 5.41) is 0. The lowest BCUT2D eigenvalue weighted by Crippen LogP contribution is -2.17. The van der Waals surface area contributed by atoms with E-state index in [0.29, 0.717) is 12.2 Å². The predicted molar refractivity (Wildman–Crippen MR) is 107 cm³/mol. The fourth-order valence-corrected chi connectivity index (χ4v) is 3.08. The SMILES string of the molecule is CCOc1ccc(-n2c(C)cc(C(=O)COC(=O)c3nccnc3N)c2C)cc1. The number of nitrogens with zero attached hydrogens (tertiary/aromatic N) is 3. The second-order valence-electron chi connectivity index (χ2n) is 6.34. The van der Waals surface area contributed by atoms with E-state index < -0.39 is 12.6 Å². The maximum atomic E-state index is 12.6. The van der Waals surface area contributed by atoms with Crippen LogP contribution in [0.2, 0.25) is 0 Å². The molecule has 1 aromatic carbocycles. The van der Waals surface area contributed by atoms with Crippen molar-refractivity contribution in [2.75, 3.05) is 18.9 Å². The smallest absolute Gasteiger partial charge is 0.361 e. The van der Waals surface area contributed by atoms with Crippen LogP contribution in [0.4, 0.5) is 5.82 Å². The first-order chi connectivity index (χ1) is 13.9. The van der Waals surface area contributed by atoms with Gasteiger partial charge in [0.05, 0.1) is 6.61 Å². The maximum Gasteiger partial charge on any atom is 0.361 e. The van der Waals surface area contributed by atoms with Crippen LogP contribution >= 0.6 is 0 Å². The van der Waals surface area contributed by atoms with Crippen molar-refractivity contribution >= 4 is 17.6 Å². The molecule has 150 valence electrons. The molecule has 0 aliphatic rings. The van der Waals surface area contributed by atoms with E-state index in [1.807, 2.05) is 49.6 Å². The minimum atomic E-state index is -0.788. The third-order valence-corrected chi connectivity index (χ3v) is 4.39. The number of hydrogen-bond donors (Lipinski definition) is 1. The fourth-order valence-electron chi connectivity index (χ4n) is 3.08. The second-order valence-corrected chi connectivity index (χ2v) is 6.34. The number of carbonyl (C=O) groups excluding carboxylic acids is 2. The highest BCUT2D eigenvalue weighted by molar-refractivity contribution is 6.01. The highest BCUT2D eigenvalue weighted by Gasteiger charge is 2.20. The molecule has 0 aliphatic carbocycles. The van der Waals surface area contributed by atoms with Gasteiger partial charge >= 0.3 is 5.97 Å². The summed E-state index contributed by atoms with van der Waals surface area (Å²) in [5.74, 6) is -0.362. The van der Waals surface area contributed by atoms with E-state index in [0.717, 1.165) is 22.8 Å². The molecule has 3 rings (SSSR count). The Balaban J connectivity index is 1.76. The average molecular weight is 394 g/mol. The molecule has 0 radical (unpaired) electrons. The number of rotatable bonds is 7. The van der Waals surface area contributed by atoms with Gasteiger partial charge in [0.25, 0.3) is 0 Å². The van der Waals surface area contributed by atoms with Crippen molar-refractivity contribution in [1.29, 1.82) is 0 Å². The van der Waals surface area contributed by atoms with Crippen molar-refractivity contribution in [2.45, 2.75) is 20.8 Å². The standard InChI is InChI=1S/C21H22N4O4/c1-4-28-16-7-5-15(6-8-16)25-13(2)11-17(14(25)3)18(26)12-29-21(27)19-20(22)24-10-9-23-19/h5-11H,4,12H2,1-3H3,(H2,22,24). The van der Waals surface area contributed by atoms with Crippen LogP contribution < -0.4 is 10.5 Å². The Bertz CT molecular complexity index is 1040. The third-order valence-electron chi connectivity index (χ3n) is 4.39. The van der Waals surface area contributed by atoms with E-state index >= 15 is 0 Å². The van der Waals surface area contributed by atoms with Crippen LogP contribution in [-0.2, 0) is 4.74 Å². The van der Waals surface area contributed by atoms with Crippen molar-refractivity contribution in [3.63, 3.8) is 0 Å². The van der Waals surface area contributed by atoms with E-state index in [4.69, 9.17) is 15.2 Å². The predicted octanol–water partition coefficient (Wildman–Crippen LogP) is 2.90. The molecule has 0 aliphatic heterocycles. The van der Waals surface area contributed by atoms with Crippen LogP contribution in [-0.4, -0.2) is 39.5 Å². The Labute approximate surface area is 168 Å². The summed E-state index contributed by atoms with van der Waals surface area (Å²) in [6.45, 7) is 5.87. The van der Waals surface area contributed by atoms with Gasteiger partial charge in [-0.25, -0.2) is 14.8 Å². The van der Waals surface area contributed by atoms with Crippen LogP contribution in [0.1, 0.15) is 39.2 Å². The second kappa shape index (κ2) is 8.55. The molecule has 2 aromatic heterocycles. The number of carbonyl (C=O) groups is 2. The first-order valence-electron chi connectivity index (χ1n) is 9.11. The summed E-state index contributed by atoms with van der Waals surface area (Å²) in [6.07, 6.45) is 2.70. The molecule has 0 saturated carbocycles.